The zero-order chi connectivity index (χ0) is 28.9. The Labute approximate surface area is 239 Å². The van der Waals surface area contributed by atoms with Crippen LogP contribution < -0.4 is 4.74 Å². The van der Waals surface area contributed by atoms with E-state index in [1.165, 1.54) is 18.1 Å². The van der Waals surface area contributed by atoms with Gasteiger partial charge in [-0.05, 0) is 25.0 Å². The molecule has 2 aliphatic heterocycles. The maximum absolute atomic E-state index is 14.6. The molecule has 0 N–H and O–H groups in total. The number of hydrogen-bond acceptors (Lipinski definition) is 7. The first-order valence-electron chi connectivity index (χ1n) is 14.3. The van der Waals surface area contributed by atoms with Crippen molar-refractivity contribution >= 4 is 11.8 Å². The molecular formula is C30H37FN6O4. The quantitative estimate of drug-likeness (QED) is 0.344. The van der Waals surface area contributed by atoms with Gasteiger partial charge in [-0.1, -0.05) is 32.6 Å². The van der Waals surface area contributed by atoms with Gasteiger partial charge in [0.25, 0.3) is 0 Å². The van der Waals surface area contributed by atoms with Gasteiger partial charge in [0.05, 0.1) is 61.9 Å². The molecule has 10 nitrogen and oxygen atoms in total. The van der Waals surface area contributed by atoms with Crippen molar-refractivity contribution in [3.63, 3.8) is 0 Å². The number of piperazine rings is 1. The summed E-state index contributed by atoms with van der Waals surface area (Å²) in [7, 11) is 3.03. The Morgan fingerprint density at radius 1 is 1.07 bits per heavy atom. The number of pyridine rings is 2. The zero-order valence-corrected chi connectivity index (χ0v) is 23.9. The lowest BCUT2D eigenvalue weighted by molar-refractivity contribution is -0.151. The number of ether oxygens (including phenoxy) is 2. The lowest BCUT2D eigenvalue weighted by atomic mass is 9.98. The Bertz CT molecular complexity index is 1410. The molecule has 2 aliphatic rings. The van der Waals surface area contributed by atoms with Gasteiger partial charge in [0.1, 0.15) is 6.54 Å². The number of amides is 2. The number of likely N-dealkylation sites (N-methyl/N-ethyl adjacent to an activating group) is 1. The average molecular weight is 565 g/mol. The molecule has 1 saturated heterocycles. The third-order valence-corrected chi connectivity index (χ3v) is 7.83. The number of methoxy groups -OCH3 is 1. The van der Waals surface area contributed by atoms with Crippen LogP contribution in [0.5, 0.6) is 5.88 Å². The fourth-order valence-electron chi connectivity index (χ4n) is 5.60. The lowest BCUT2D eigenvalue weighted by Gasteiger charge is -2.37. The van der Waals surface area contributed by atoms with Crippen LogP contribution in [0.15, 0.2) is 30.6 Å². The molecule has 0 bridgehead atoms. The van der Waals surface area contributed by atoms with Gasteiger partial charge in [-0.3, -0.25) is 14.6 Å². The highest BCUT2D eigenvalue weighted by molar-refractivity contribution is 5.92. The highest BCUT2D eigenvalue weighted by atomic mass is 19.1. The van der Waals surface area contributed by atoms with Crippen molar-refractivity contribution in [2.75, 3.05) is 40.5 Å². The van der Waals surface area contributed by atoms with Crippen molar-refractivity contribution in [1.82, 2.24) is 29.5 Å². The maximum Gasteiger partial charge on any atom is 0.250 e. The molecule has 5 heterocycles. The number of hydrogen-bond donors (Lipinski definition) is 0. The summed E-state index contributed by atoms with van der Waals surface area (Å²) in [5, 5.41) is 4.95. The van der Waals surface area contributed by atoms with Crippen LogP contribution in [-0.4, -0.2) is 81.8 Å². The fourth-order valence-corrected chi connectivity index (χ4v) is 5.60. The second kappa shape index (κ2) is 12.8. The second-order valence-corrected chi connectivity index (χ2v) is 10.6. The van der Waals surface area contributed by atoms with Crippen molar-refractivity contribution in [2.45, 2.75) is 57.9 Å². The van der Waals surface area contributed by atoms with E-state index in [9.17, 15) is 14.0 Å². The molecule has 0 aliphatic carbocycles. The summed E-state index contributed by atoms with van der Waals surface area (Å²) in [4.78, 5) is 37.6. The number of aromatic nitrogens is 4. The van der Waals surface area contributed by atoms with Crippen LogP contribution in [0.4, 0.5) is 4.39 Å². The molecule has 1 atom stereocenters. The van der Waals surface area contributed by atoms with Gasteiger partial charge in [-0.2, -0.15) is 5.10 Å². The molecule has 0 saturated carbocycles. The molecule has 41 heavy (non-hydrogen) atoms. The summed E-state index contributed by atoms with van der Waals surface area (Å²) < 4.78 is 27.1. The number of nitrogens with zero attached hydrogens (tertiary/aromatic N) is 6. The smallest absolute Gasteiger partial charge is 0.250 e. The summed E-state index contributed by atoms with van der Waals surface area (Å²) in [6, 6.07) is 4.93. The van der Waals surface area contributed by atoms with Crippen LogP contribution in [0, 0.1) is 5.82 Å². The van der Waals surface area contributed by atoms with Gasteiger partial charge in [0, 0.05) is 36.9 Å². The standard InChI is InChI=1S/C30H37FN6O4/c1-4-5-6-7-8-26(36-19-27(38)35(2)18-28(36)39)24-15-20(9-12-32-24)29-22-10-13-41-14-11-25(22)37(34-29)21-16-23(31)30(40-3)33-17-21/h9,12,15-17,26H,4-8,10-11,13-14,18-19H2,1-3H3. The molecule has 3 aromatic rings. The summed E-state index contributed by atoms with van der Waals surface area (Å²) in [6.07, 6.45) is 9.47. The number of rotatable bonds is 10. The molecular weight excluding hydrogens is 527 g/mol. The molecule has 5 rings (SSSR count). The lowest BCUT2D eigenvalue weighted by Crippen LogP contribution is -2.53. The van der Waals surface area contributed by atoms with E-state index in [0.29, 0.717) is 31.7 Å². The Kier molecular flexibility index (Phi) is 8.92. The van der Waals surface area contributed by atoms with E-state index in [1.807, 2.05) is 12.1 Å². The van der Waals surface area contributed by atoms with Gasteiger partial charge in [-0.15, -0.1) is 0 Å². The molecule has 218 valence electrons. The predicted octanol–water partition coefficient (Wildman–Crippen LogP) is 3.90. The Morgan fingerprint density at radius 3 is 2.68 bits per heavy atom. The molecule has 1 unspecified atom stereocenters. The number of halogens is 1. The summed E-state index contributed by atoms with van der Waals surface area (Å²) in [6.45, 7) is 3.35. The van der Waals surface area contributed by atoms with E-state index in [-0.39, 0.29) is 36.8 Å². The van der Waals surface area contributed by atoms with Gasteiger partial charge in [0.2, 0.25) is 17.7 Å². The van der Waals surface area contributed by atoms with Crippen LogP contribution in [0.1, 0.15) is 62.0 Å². The van der Waals surface area contributed by atoms with Crippen molar-refractivity contribution in [3.05, 3.63) is 53.4 Å². The third kappa shape index (κ3) is 6.09. The van der Waals surface area contributed by atoms with Crippen LogP contribution in [0.2, 0.25) is 0 Å². The maximum atomic E-state index is 14.6. The van der Waals surface area contributed by atoms with Crippen molar-refractivity contribution in [3.8, 4) is 22.8 Å². The largest absolute Gasteiger partial charge is 0.479 e. The Balaban J connectivity index is 1.54. The van der Waals surface area contributed by atoms with Crippen molar-refractivity contribution < 1.29 is 23.5 Å². The normalized spacial score (nSPS) is 16.5. The van der Waals surface area contributed by atoms with Crippen molar-refractivity contribution in [1.29, 1.82) is 0 Å². The van der Waals surface area contributed by atoms with Crippen LogP contribution in [0.3, 0.4) is 0 Å². The van der Waals surface area contributed by atoms with Gasteiger partial charge in [0.15, 0.2) is 5.82 Å². The number of carbonyl (C=O) groups excluding carboxylic acids is 2. The van der Waals surface area contributed by atoms with Gasteiger partial charge < -0.3 is 19.3 Å². The highest BCUT2D eigenvalue weighted by Gasteiger charge is 2.34. The minimum Gasteiger partial charge on any atom is -0.479 e. The molecule has 0 radical (unpaired) electrons. The average Bonchev–Trinajstić information content (AvgIpc) is 3.16. The van der Waals surface area contributed by atoms with E-state index >= 15 is 0 Å². The van der Waals surface area contributed by atoms with E-state index in [2.05, 4.69) is 11.9 Å². The number of carbonyl (C=O) groups is 2. The highest BCUT2D eigenvalue weighted by Crippen LogP contribution is 2.34. The summed E-state index contributed by atoms with van der Waals surface area (Å²) in [5.74, 6) is -0.798. The Hall–Kier alpha value is -3.86. The Morgan fingerprint density at radius 2 is 1.90 bits per heavy atom. The van der Waals surface area contributed by atoms with E-state index in [0.717, 1.165) is 60.3 Å². The van der Waals surface area contributed by atoms with E-state index in [1.54, 1.807) is 29.0 Å². The minimum atomic E-state index is -0.566. The zero-order valence-electron chi connectivity index (χ0n) is 23.9. The minimum absolute atomic E-state index is 0.0388. The first kappa shape index (κ1) is 28.7. The molecule has 0 aromatic carbocycles. The van der Waals surface area contributed by atoms with E-state index in [4.69, 9.17) is 19.6 Å². The van der Waals surface area contributed by atoms with Crippen LogP contribution >= 0.6 is 0 Å². The summed E-state index contributed by atoms with van der Waals surface area (Å²) >= 11 is 0. The topological polar surface area (TPSA) is 103 Å². The van der Waals surface area contributed by atoms with Gasteiger partial charge >= 0.3 is 0 Å². The van der Waals surface area contributed by atoms with E-state index < -0.39 is 5.82 Å². The number of unbranched alkanes of at least 4 members (excludes halogenated alkanes) is 3. The fraction of sp³-hybridized carbons (Fsp3) is 0.500. The number of fused-ring (bicyclic) bond motifs is 1. The molecule has 1 fully saturated rings. The molecule has 0 spiro atoms. The monoisotopic (exact) mass is 564 g/mol. The SMILES string of the molecule is CCCCCCC(c1cc(-c2nn(-c3cnc(OC)c(F)c3)c3c2CCOCC3)ccn1)N1CC(=O)N(C)CC1=O. The predicted molar refractivity (Wildman–Crippen MR) is 150 cm³/mol. The van der Waals surface area contributed by atoms with Crippen molar-refractivity contribution in [2.24, 2.45) is 0 Å². The third-order valence-electron chi connectivity index (χ3n) is 7.83. The summed E-state index contributed by atoms with van der Waals surface area (Å²) in [5.41, 5.74) is 4.81. The first-order valence-corrected chi connectivity index (χ1v) is 14.3. The molecule has 11 heteroatoms. The molecule has 2 amide bonds. The second-order valence-electron chi connectivity index (χ2n) is 10.6. The van der Waals surface area contributed by atoms with Gasteiger partial charge in [-0.25, -0.2) is 14.1 Å². The van der Waals surface area contributed by atoms with Crippen LogP contribution in [-0.2, 0) is 27.2 Å². The first-order chi connectivity index (χ1) is 19.9. The molecule has 3 aromatic heterocycles. The van der Waals surface area contributed by atoms with Crippen LogP contribution in [0.25, 0.3) is 16.9 Å².